The Morgan fingerprint density at radius 3 is 2.61 bits per heavy atom. The maximum atomic E-state index is 5.88. The molecule has 1 unspecified atom stereocenters. The second kappa shape index (κ2) is 6.12. The number of hydrogen-bond acceptors (Lipinski definition) is 2. The molecule has 1 atom stereocenters. The zero-order chi connectivity index (χ0) is 13.0. The Labute approximate surface area is 111 Å². The summed E-state index contributed by atoms with van der Waals surface area (Å²) in [6.07, 6.45) is 3.93. The van der Waals surface area contributed by atoms with Crippen molar-refractivity contribution in [1.82, 2.24) is 0 Å². The fourth-order valence-electron chi connectivity index (χ4n) is 2.22. The highest BCUT2D eigenvalue weighted by Gasteiger charge is 2.30. The van der Waals surface area contributed by atoms with Crippen molar-refractivity contribution in [3.63, 3.8) is 0 Å². The SMILES string of the molecule is CCC(Nc1ccccc1OCC(C)C)C1CC1. The second-order valence-corrected chi connectivity index (χ2v) is 5.70. The minimum absolute atomic E-state index is 0.559. The van der Waals surface area contributed by atoms with Crippen molar-refractivity contribution < 1.29 is 4.74 Å². The van der Waals surface area contributed by atoms with Crippen LogP contribution >= 0.6 is 0 Å². The molecule has 1 saturated carbocycles. The van der Waals surface area contributed by atoms with Crippen LogP contribution in [-0.4, -0.2) is 12.6 Å². The van der Waals surface area contributed by atoms with E-state index in [1.807, 2.05) is 6.07 Å². The molecule has 0 aliphatic heterocycles. The molecule has 0 spiro atoms. The van der Waals surface area contributed by atoms with Crippen LogP contribution in [0.15, 0.2) is 24.3 Å². The van der Waals surface area contributed by atoms with Crippen LogP contribution in [0.3, 0.4) is 0 Å². The summed E-state index contributed by atoms with van der Waals surface area (Å²) < 4.78 is 5.88. The van der Waals surface area contributed by atoms with E-state index in [4.69, 9.17) is 4.74 Å². The van der Waals surface area contributed by atoms with Crippen molar-refractivity contribution in [2.45, 2.75) is 46.1 Å². The molecule has 1 aliphatic carbocycles. The number of benzene rings is 1. The Morgan fingerprint density at radius 2 is 2.00 bits per heavy atom. The van der Waals surface area contributed by atoms with E-state index in [0.717, 1.165) is 24.0 Å². The zero-order valence-corrected chi connectivity index (χ0v) is 11.8. The molecule has 0 saturated heterocycles. The maximum absolute atomic E-state index is 5.88. The Balaban J connectivity index is 2.01. The van der Waals surface area contributed by atoms with Gasteiger partial charge in [0.1, 0.15) is 5.75 Å². The van der Waals surface area contributed by atoms with Gasteiger partial charge in [-0.3, -0.25) is 0 Å². The lowest BCUT2D eigenvalue weighted by atomic mass is 10.1. The first-order valence-corrected chi connectivity index (χ1v) is 7.19. The van der Waals surface area contributed by atoms with Gasteiger partial charge >= 0.3 is 0 Å². The molecule has 0 aromatic heterocycles. The molecule has 2 nitrogen and oxygen atoms in total. The fraction of sp³-hybridized carbons (Fsp3) is 0.625. The molecule has 0 radical (unpaired) electrons. The van der Waals surface area contributed by atoms with Gasteiger partial charge in [0.25, 0.3) is 0 Å². The van der Waals surface area contributed by atoms with Crippen LogP contribution in [0.1, 0.15) is 40.0 Å². The maximum Gasteiger partial charge on any atom is 0.142 e. The van der Waals surface area contributed by atoms with E-state index in [0.29, 0.717) is 12.0 Å². The average Bonchev–Trinajstić information content (AvgIpc) is 3.18. The van der Waals surface area contributed by atoms with Crippen molar-refractivity contribution in [3.8, 4) is 5.75 Å². The summed E-state index contributed by atoms with van der Waals surface area (Å²) in [5.41, 5.74) is 1.15. The van der Waals surface area contributed by atoms with E-state index < -0.39 is 0 Å². The topological polar surface area (TPSA) is 21.3 Å². The van der Waals surface area contributed by atoms with Crippen molar-refractivity contribution in [3.05, 3.63) is 24.3 Å². The van der Waals surface area contributed by atoms with Crippen molar-refractivity contribution in [2.75, 3.05) is 11.9 Å². The van der Waals surface area contributed by atoms with Crippen LogP contribution in [-0.2, 0) is 0 Å². The summed E-state index contributed by atoms with van der Waals surface area (Å²) in [5.74, 6) is 2.42. The molecule has 1 aliphatic rings. The summed E-state index contributed by atoms with van der Waals surface area (Å²) >= 11 is 0. The number of ether oxygens (including phenoxy) is 1. The van der Waals surface area contributed by atoms with E-state index in [1.54, 1.807) is 0 Å². The summed E-state index contributed by atoms with van der Waals surface area (Å²) in [7, 11) is 0. The molecule has 2 rings (SSSR count). The molecule has 0 amide bonds. The third kappa shape index (κ3) is 3.66. The summed E-state index contributed by atoms with van der Waals surface area (Å²) in [6.45, 7) is 7.39. The lowest BCUT2D eigenvalue weighted by Gasteiger charge is -2.20. The summed E-state index contributed by atoms with van der Waals surface area (Å²) in [5, 5.41) is 3.66. The first-order chi connectivity index (χ1) is 8.70. The molecule has 0 heterocycles. The number of para-hydroxylation sites is 2. The van der Waals surface area contributed by atoms with Gasteiger partial charge in [0.2, 0.25) is 0 Å². The van der Waals surface area contributed by atoms with E-state index in [9.17, 15) is 0 Å². The van der Waals surface area contributed by atoms with Gasteiger partial charge < -0.3 is 10.1 Å². The van der Waals surface area contributed by atoms with Gasteiger partial charge in [-0.15, -0.1) is 0 Å². The molecule has 1 aromatic rings. The predicted molar refractivity (Wildman–Crippen MR) is 77.2 cm³/mol. The normalized spacial score (nSPS) is 16.7. The van der Waals surface area contributed by atoms with Crippen molar-refractivity contribution >= 4 is 5.69 Å². The number of hydrogen-bond donors (Lipinski definition) is 1. The van der Waals surface area contributed by atoms with Gasteiger partial charge in [0.05, 0.1) is 12.3 Å². The van der Waals surface area contributed by atoms with Gasteiger partial charge in [-0.2, -0.15) is 0 Å². The number of rotatable bonds is 7. The van der Waals surface area contributed by atoms with Crippen LogP contribution < -0.4 is 10.1 Å². The third-order valence-electron chi connectivity index (χ3n) is 3.43. The molecule has 100 valence electrons. The zero-order valence-electron chi connectivity index (χ0n) is 11.8. The Bertz CT molecular complexity index is 371. The molecule has 1 N–H and O–H groups in total. The largest absolute Gasteiger partial charge is 0.491 e. The smallest absolute Gasteiger partial charge is 0.142 e. The van der Waals surface area contributed by atoms with Crippen LogP contribution in [0, 0.1) is 11.8 Å². The lowest BCUT2D eigenvalue weighted by molar-refractivity contribution is 0.272. The molecular formula is C16H25NO. The van der Waals surface area contributed by atoms with Crippen LogP contribution in [0.4, 0.5) is 5.69 Å². The molecular weight excluding hydrogens is 222 g/mol. The minimum atomic E-state index is 0.559. The number of nitrogens with one attached hydrogen (secondary N) is 1. The van der Waals surface area contributed by atoms with Crippen molar-refractivity contribution in [2.24, 2.45) is 11.8 Å². The van der Waals surface area contributed by atoms with E-state index in [2.05, 4.69) is 44.3 Å². The summed E-state index contributed by atoms with van der Waals surface area (Å²) in [6, 6.07) is 8.91. The highest BCUT2D eigenvalue weighted by Crippen LogP contribution is 2.37. The predicted octanol–water partition coefficient (Wildman–Crippen LogP) is 4.32. The first-order valence-electron chi connectivity index (χ1n) is 7.19. The number of anilines is 1. The standard InChI is InChI=1S/C16H25NO/c1-4-14(13-9-10-13)17-15-7-5-6-8-16(15)18-11-12(2)3/h5-8,12-14,17H,4,9-11H2,1-3H3. The monoisotopic (exact) mass is 247 g/mol. The van der Waals surface area contributed by atoms with Crippen LogP contribution in [0.2, 0.25) is 0 Å². The molecule has 1 fully saturated rings. The van der Waals surface area contributed by atoms with Crippen LogP contribution in [0.25, 0.3) is 0 Å². The molecule has 1 aromatic carbocycles. The molecule has 0 bridgehead atoms. The average molecular weight is 247 g/mol. The fourth-order valence-corrected chi connectivity index (χ4v) is 2.22. The third-order valence-corrected chi connectivity index (χ3v) is 3.43. The quantitative estimate of drug-likeness (QED) is 0.774. The van der Waals surface area contributed by atoms with E-state index in [1.165, 1.54) is 19.3 Å². The highest BCUT2D eigenvalue weighted by molar-refractivity contribution is 5.56. The lowest BCUT2D eigenvalue weighted by Crippen LogP contribution is -2.21. The minimum Gasteiger partial charge on any atom is -0.491 e. The van der Waals surface area contributed by atoms with Crippen molar-refractivity contribution in [1.29, 1.82) is 0 Å². The first kappa shape index (κ1) is 13.3. The Hall–Kier alpha value is -1.18. The second-order valence-electron chi connectivity index (χ2n) is 5.70. The van der Waals surface area contributed by atoms with E-state index >= 15 is 0 Å². The Morgan fingerprint density at radius 1 is 1.28 bits per heavy atom. The summed E-state index contributed by atoms with van der Waals surface area (Å²) in [4.78, 5) is 0. The highest BCUT2D eigenvalue weighted by atomic mass is 16.5. The van der Waals surface area contributed by atoms with Gasteiger partial charge in [-0.25, -0.2) is 0 Å². The van der Waals surface area contributed by atoms with Crippen LogP contribution in [0.5, 0.6) is 5.75 Å². The molecule has 2 heteroatoms. The van der Waals surface area contributed by atoms with Gasteiger partial charge in [-0.05, 0) is 43.2 Å². The Kier molecular flexibility index (Phi) is 4.51. The van der Waals surface area contributed by atoms with Gasteiger partial charge in [0.15, 0.2) is 0 Å². The molecule has 18 heavy (non-hydrogen) atoms. The van der Waals surface area contributed by atoms with Gasteiger partial charge in [0, 0.05) is 6.04 Å². The van der Waals surface area contributed by atoms with E-state index in [-0.39, 0.29) is 0 Å². The van der Waals surface area contributed by atoms with Gasteiger partial charge in [-0.1, -0.05) is 32.9 Å².